The van der Waals surface area contributed by atoms with Gasteiger partial charge in [0.1, 0.15) is 11.9 Å². The Hall–Kier alpha value is -2.20. The van der Waals surface area contributed by atoms with Crippen molar-refractivity contribution in [1.82, 2.24) is 4.72 Å². The monoisotopic (exact) mass is 448 g/mol. The van der Waals surface area contributed by atoms with E-state index in [0.717, 1.165) is 12.1 Å². The lowest BCUT2D eigenvalue weighted by Gasteiger charge is -2.14. The van der Waals surface area contributed by atoms with E-state index in [1.165, 1.54) is 37.3 Å². The van der Waals surface area contributed by atoms with Gasteiger partial charge in [-0.3, -0.25) is 9.59 Å². The fourth-order valence-corrected chi connectivity index (χ4v) is 3.58. The highest BCUT2D eigenvalue weighted by Gasteiger charge is 2.24. The van der Waals surface area contributed by atoms with Gasteiger partial charge in [-0.2, -0.15) is 4.72 Å². The number of esters is 1. The molecule has 0 saturated carbocycles. The number of rotatable bonds is 7. The third kappa shape index (κ3) is 5.90. The average Bonchev–Trinajstić information content (AvgIpc) is 2.63. The molecule has 0 unspecified atom stereocenters. The largest absolute Gasteiger partial charge is 0.454 e. The number of amides is 1. The van der Waals surface area contributed by atoms with Gasteiger partial charge in [0, 0.05) is 0 Å². The molecule has 1 atom stereocenters. The number of halogens is 3. The van der Waals surface area contributed by atoms with Crippen LogP contribution in [0.25, 0.3) is 0 Å². The van der Waals surface area contributed by atoms with Gasteiger partial charge < -0.3 is 10.1 Å². The van der Waals surface area contributed by atoms with E-state index in [4.69, 9.17) is 27.9 Å². The first kappa shape index (κ1) is 22.1. The maximum absolute atomic E-state index is 13.5. The second-order valence-electron chi connectivity index (χ2n) is 5.55. The Morgan fingerprint density at radius 1 is 1.14 bits per heavy atom. The third-order valence-corrected chi connectivity index (χ3v) is 5.66. The molecule has 150 valence electrons. The molecule has 0 aliphatic heterocycles. The fourth-order valence-electron chi connectivity index (χ4n) is 2.00. The molecule has 0 bridgehead atoms. The van der Waals surface area contributed by atoms with Crippen LogP contribution in [0.3, 0.4) is 0 Å². The molecule has 0 spiro atoms. The summed E-state index contributed by atoms with van der Waals surface area (Å²) in [6.07, 6.45) is 0. The van der Waals surface area contributed by atoms with Crippen molar-refractivity contribution >= 4 is 50.8 Å². The Balaban J connectivity index is 1.92. The Kier molecular flexibility index (Phi) is 7.36. The van der Waals surface area contributed by atoms with E-state index in [1.54, 1.807) is 0 Å². The van der Waals surface area contributed by atoms with Gasteiger partial charge in [0.15, 0.2) is 6.61 Å². The number of sulfonamides is 1. The zero-order chi connectivity index (χ0) is 20.9. The summed E-state index contributed by atoms with van der Waals surface area (Å²) in [5.41, 5.74) is -0.0723. The van der Waals surface area contributed by atoms with Crippen LogP contribution in [-0.2, 0) is 24.3 Å². The van der Waals surface area contributed by atoms with E-state index in [2.05, 4.69) is 10.0 Å². The highest BCUT2D eigenvalue weighted by molar-refractivity contribution is 7.89. The Morgan fingerprint density at radius 3 is 2.46 bits per heavy atom. The zero-order valence-electron chi connectivity index (χ0n) is 14.4. The standard InChI is InChI=1S/C17H15Cl2FN2O5S/c1-10(22-28(25,26)11-6-7-12(18)13(19)8-11)17(24)27-9-16(23)21-15-5-3-2-4-14(15)20/h2-8,10,22H,9H2,1H3,(H,21,23)/t10-/m0/s1. The number of ether oxygens (including phenoxy) is 1. The van der Waals surface area contributed by atoms with E-state index < -0.39 is 40.4 Å². The smallest absolute Gasteiger partial charge is 0.324 e. The summed E-state index contributed by atoms with van der Waals surface area (Å²) in [7, 11) is -4.08. The molecule has 11 heteroatoms. The third-order valence-electron chi connectivity index (χ3n) is 3.38. The lowest BCUT2D eigenvalue weighted by Crippen LogP contribution is -2.40. The zero-order valence-corrected chi connectivity index (χ0v) is 16.7. The molecule has 0 aliphatic rings. The van der Waals surface area contributed by atoms with Crippen LogP contribution in [0.2, 0.25) is 10.0 Å². The minimum atomic E-state index is -4.08. The summed E-state index contributed by atoms with van der Waals surface area (Å²) < 4.78 is 44.9. The molecule has 2 aromatic rings. The summed E-state index contributed by atoms with van der Waals surface area (Å²) in [6.45, 7) is 0.526. The number of hydrogen-bond donors (Lipinski definition) is 2. The van der Waals surface area contributed by atoms with Gasteiger partial charge >= 0.3 is 5.97 Å². The van der Waals surface area contributed by atoms with Crippen molar-refractivity contribution in [2.75, 3.05) is 11.9 Å². The first-order valence-electron chi connectivity index (χ1n) is 7.78. The van der Waals surface area contributed by atoms with Crippen molar-refractivity contribution in [3.63, 3.8) is 0 Å². The van der Waals surface area contributed by atoms with Crippen molar-refractivity contribution in [3.05, 3.63) is 58.3 Å². The molecule has 2 aromatic carbocycles. The van der Waals surface area contributed by atoms with Crippen LogP contribution in [0.5, 0.6) is 0 Å². The molecule has 0 aliphatic carbocycles. The predicted molar refractivity (Wildman–Crippen MR) is 102 cm³/mol. The van der Waals surface area contributed by atoms with E-state index in [0.29, 0.717) is 0 Å². The summed E-state index contributed by atoms with van der Waals surface area (Å²) in [5.74, 6) is -2.42. The molecule has 0 heterocycles. The topological polar surface area (TPSA) is 102 Å². The summed E-state index contributed by atoms with van der Waals surface area (Å²) in [4.78, 5) is 23.5. The maximum atomic E-state index is 13.5. The van der Waals surface area contributed by atoms with Gasteiger partial charge in [-0.1, -0.05) is 35.3 Å². The van der Waals surface area contributed by atoms with Gasteiger partial charge in [0.25, 0.3) is 5.91 Å². The molecular weight excluding hydrogens is 434 g/mol. The first-order valence-corrected chi connectivity index (χ1v) is 10.0. The number of carbonyl (C=O) groups excluding carboxylic acids is 2. The van der Waals surface area contributed by atoms with Crippen LogP contribution in [0.15, 0.2) is 47.4 Å². The van der Waals surface area contributed by atoms with Crippen LogP contribution >= 0.6 is 23.2 Å². The second kappa shape index (κ2) is 9.33. The van der Waals surface area contributed by atoms with Gasteiger partial charge in [0.2, 0.25) is 10.0 Å². The van der Waals surface area contributed by atoms with E-state index >= 15 is 0 Å². The van der Waals surface area contributed by atoms with Crippen molar-refractivity contribution in [2.45, 2.75) is 17.9 Å². The first-order chi connectivity index (χ1) is 13.1. The number of nitrogens with one attached hydrogen (secondary N) is 2. The SMILES string of the molecule is C[C@H](NS(=O)(=O)c1ccc(Cl)c(Cl)c1)C(=O)OCC(=O)Nc1ccccc1F. The normalized spacial score (nSPS) is 12.3. The number of benzene rings is 2. The molecule has 1 amide bonds. The van der Waals surface area contributed by atoms with Crippen LogP contribution in [0, 0.1) is 5.82 Å². The Morgan fingerprint density at radius 2 is 1.82 bits per heavy atom. The van der Waals surface area contributed by atoms with Gasteiger partial charge in [0.05, 0.1) is 20.6 Å². The van der Waals surface area contributed by atoms with Crippen LogP contribution in [0.4, 0.5) is 10.1 Å². The lowest BCUT2D eigenvalue weighted by molar-refractivity contribution is -0.148. The predicted octanol–water partition coefficient (Wildman–Crippen LogP) is 2.98. The second-order valence-corrected chi connectivity index (χ2v) is 8.08. The molecule has 0 aromatic heterocycles. The quantitative estimate of drug-likeness (QED) is 0.633. The van der Waals surface area contributed by atoms with Crippen LogP contribution in [0.1, 0.15) is 6.92 Å². The van der Waals surface area contributed by atoms with Gasteiger partial charge in [-0.05, 0) is 37.3 Å². The van der Waals surface area contributed by atoms with Crippen molar-refractivity contribution in [3.8, 4) is 0 Å². The highest BCUT2D eigenvalue weighted by atomic mass is 35.5. The van der Waals surface area contributed by atoms with Crippen molar-refractivity contribution < 1.29 is 27.1 Å². The summed E-state index contributed by atoms with van der Waals surface area (Å²) >= 11 is 11.5. The Bertz CT molecular complexity index is 1000. The minimum absolute atomic E-state index is 0.0320. The summed E-state index contributed by atoms with van der Waals surface area (Å²) in [6, 6.07) is 7.82. The average molecular weight is 449 g/mol. The molecule has 0 saturated heterocycles. The number of hydrogen-bond acceptors (Lipinski definition) is 5. The van der Waals surface area contributed by atoms with Gasteiger partial charge in [-0.25, -0.2) is 12.8 Å². The number of anilines is 1. The van der Waals surface area contributed by atoms with Crippen molar-refractivity contribution in [2.24, 2.45) is 0 Å². The fraction of sp³-hybridized carbons (Fsp3) is 0.176. The van der Waals surface area contributed by atoms with E-state index in [1.807, 2.05) is 0 Å². The molecule has 28 heavy (non-hydrogen) atoms. The molecular formula is C17H15Cl2FN2O5S. The lowest BCUT2D eigenvalue weighted by atomic mass is 10.3. The van der Waals surface area contributed by atoms with E-state index in [-0.39, 0.29) is 20.6 Å². The van der Waals surface area contributed by atoms with Crippen LogP contribution in [-0.4, -0.2) is 32.9 Å². The Labute approximate surface area is 170 Å². The number of carbonyl (C=O) groups is 2. The molecule has 0 radical (unpaired) electrons. The molecule has 2 N–H and O–H groups in total. The molecule has 0 fully saturated rings. The summed E-state index contributed by atoms with van der Waals surface area (Å²) in [5, 5.41) is 2.44. The van der Waals surface area contributed by atoms with Crippen molar-refractivity contribution in [1.29, 1.82) is 0 Å². The highest BCUT2D eigenvalue weighted by Crippen LogP contribution is 2.24. The number of para-hydroxylation sites is 1. The maximum Gasteiger partial charge on any atom is 0.324 e. The molecule has 7 nitrogen and oxygen atoms in total. The molecule has 2 rings (SSSR count). The minimum Gasteiger partial charge on any atom is -0.454 e. The van der Waals surface area contributed by atoms with Crippen LogP contribution < -0.4 is 10.0 Å². The van der Waals surface area contributed by atoms with E-state index in [9.17, 15) is 22.4 Å². The van der Waals surface area contributed by atoms with Gasteiger partial charge in [-0.15, -0.1) is 0 Å².